The second kappa shape index (κ2) is 4.65. The Labute approximate surface area is 98.4 Å². The number of aldehydes is 1. The maximum absolute atomic E-state index is 11.6. The molecule has 4 nitrogen and oxygen atoms in total. The summed E-state index contributed by atoms with van der Waals surface area (Å²) >= 11 is 0. The van der Waals surface area contributed by atoms with Crippen LogP contribution in [-0.4, -0.2) is 23.9 Å². The normalized spacial score (nSPS) is 9.94. The van der Waals surface area contributed by atoms with Crippen LogP contribution in [0.1, 0.15) is 20.8 Å². The Bertz CT molecular complexity index is 543. The smallest absolute Gasteiger partial charge is 0.355 e. The van der Waals surface area contributed by atoms with Crippen molar-refractivity contribution in [3.8, 4) is 5.69 Å². The van der Waals surface area contributed by atoms with Crippen LogP contribution in [0.15, 0.2) is 42.6 Å². The molecular weight excluding hydrogens is 218 g/mol. The van der Waals surface area contributed by atoms with Crippen molar-refractivity contribution in [1.29, 1.82) is 0 Å². The van der Waals surface area contributed by atoms with Crippen molar-refractivity contribution in [2.75, 3.05) is 7.11 Å². The van der Waals surface area contributed by atoms with Gasteiger partial charge in [-0.2, -0.15) is 0 Å². The fourth-order valence-electron chi connectivity index (χ4n) is 1.66. The molecule has 0 radical (unpaired) electrons. The number of aromatic nitrogens is 1. The van der Waals surface area contributed by atoms with Crippen LogP contribution in [0, 0.1) is 0 Å². The molecule has 0 saturated carbocycles. The molecule has 0 spiro atoms. The van der Waals surface area contributed by atoms with E-state index in [0.29, 0.717) is 11.8 Å². The predicted octanol–water partition coefficient (Wildman–Crippen LogP) is 2.08. The lowest BCUT2D eigenvalue weighted by molar-refractivity contribution is 0.0589. The minimum absolute atomic E-state index is 0.244. The number of methoxy groups -OCH3 is 1. The first-order valence-electron chi connectivity index (χ1n) is 5.08. The lowest BCUT2D eigenvalue weighted by atomic mass is 10.2. The van der Waals surface area contributed by atoms with Crippen LogP contribution in [0.3, 0.4) is 0 Å². The fourth-order valence-corrected chi connectivity index (χ4v) is 1.66. The third kappa shape index (κ3) is 1.97. The van der Waals surface area contributed by atoms with E-state index in [1.165, 1.54) is 7.11 Å². The molecule has 1 heterocycles. The molecule has 0 atom stereocenters. The molecule has 0 fully saturated rings. The molecule has 4 heteroatoms. The molecule has 2 rings (SSSR count). The molecule has 0 N–H and O–H groups in total. The Balaban J connectivity index is 2.59. The van der Waals surface area contributed by atoms with Gasteiger partial charge in [0.25, 0.3) is 0 Å². The van der Waals surface area contributed by atoms with Crippen molar-refractivity contribution in [3.63, 3.8) is 0 Å². The van der Waals surface area contributed by atoms with Crippen LogP contribution in [-0.2, 0) is 4.74 Å². The number of hydrogen-bond donors (Lipinski definition) is 0. The van der Waals surface area contributed by atoms with Crippen molar-refractivity contribution in [2.24, 2.45) is 0 Å². The van der Waals surface area contributed by atoms with Crippen LogP contribution in [0.5, 0.6) is 0 Å². The van der Waals surface area contributed by atoms with E-state index in [9.17, 15) is 9.59 Å². The molecule has 0 aliphatic heterocycles. The van der Waals surface area contributed by atoms with Crippen LogP contribution in [0.4, 0.5) is 0 Å². The summed E-state index contributed by atoms with van der Waals surface area (Å²) < 4.78 is 6.32. The number of hydrogen-bond acceptors (Lipinski definition) is 3. The molecular formula is C13H11NO3. The van der Waals surface area contributed by atoms with Gasteiger partial charge in [0, 0.05) is 17.4 Å². The van der Waals surface area contributed by atoms with E-state index in [1.54, 1.807) is 16.8 Å². The van der Waals surface area contributed by atoms with Gasteiger partial charge in [-0.15, -0.1) is 0 Å². The maximum atomic E-state index is 11.6. The van der Waals surface area contributed by atoms with E-state index in [0.717, 1.165) is 5.69 Å². The first-order chi connectivity index (χ1) is 8.27. The van der Waals surface area contributed by atoms with Crippen molar-refractivity contribution in [1.82, 2.24) is 4.57 Å². The van der Waals surface area contributed by atoms with Crippen molar-refractivity contribution in [2.45, 2.75) is 0 Å². The first-order valence-corrected chi connectivity index (χ1v) is 5.08. The largest absolute Gasteiger partial charge is 0.464 e. The van der Waals surface area contributed by atoms with Gasteiger partial charge in [0.15, 0.2) is 6.29 Å². The molecule has 0 saturated heterocycles. The molecule has 0 aliphatic rings. The number of ether oxygens (including phenoxy) is 1. The lowest BCUT2D eigenvalue weighted by Gasteiger charge is -2.07. The highest BCUT2D eigenvalue weighted by Gasteiger charge is 2.17. The standard InChI is InChI=1S/C13H11NO3/c1-17-13(16)12-10(9-15)7-8-14(12)11-5-3-2-4-6-11/h2-9H,1H3. The molecule has 0 amide bonds. The van der Waals surface area contributed by atoms with E-state index >= 15 is 0 Å². The van der Waals surface area contributed by atoms with E-state index in [1.807, 2.05) is 30.3 Å². The summed E-state index contributed by atoms with van der Waals surface area (Å²) in [6, 6.07) is 10.9. The number of esters is 1. The minimum atomic E-state index is -0.527. The zero-order chi connectivity index (χ0) is 12.3. The van der Waals surface area contributed by atoms with E-state index in [2.05, 4.69) is 4.74 Å². The Morgan fingerprint density at radius 2 is 1.94 bits per heavy atom. The van der Waals surface area contributed by atoms with Gasteiger partial charge in [-0.3, -0.25) is 4.79 Å². The molecule has 1 aromatic carbocycles. The van der Waals surface area contributed by atoms with Gasteiger partial charge in [-0.25, -0.2) is 4.79 Å². The monoisotopic (exact) mass is 229 g/mol. The Morgan fingerprint density at radius 1 is 1.24 bits per heavy atom. The summed E-state index contributed by atoms with van der Waals surface area (Å²) in [5.74, 6) is -0.527. The average Bonchev–Trinajstić information content (AvgIpc) is 2.82. The predicted molar refractivity (Wildman–Crippen MR) is 62.5 cm³/mol. The van der Waals surface area contributed by atoms with Gasteiger partial charge in [-0.1, -0.05) is 18.2 Å². The summed E-state index contributed by atoms with van der Waals surface area (Å²) in [6.45, 7) is 0. The molecule has 0 bridgehead atoms. The SMILES string of the molecule is COC(=O)c1c(C=O)ccn1-c1ccccc1. The van der Waals surface area contributed by atoms with Crippen LogP contribution in [0.2, 0.25) is 0 Å². The number of para-hydroxylation sites is 1. The second-order valence-corrected chi connectivity index (χ2v) is 3.43. The number of benzene rings is 1. The highest BCUT2D eigenvalue weighted by atomic mass is 16.5. The molecule has 86 valence electrons. The van der Waals surface area contributed by atoms with Gasteiger partial charge >= 0.3 is 5.97 Å². The van der Waals surface area contributed by atoms with E-state index in [4.69, 9.17) is 0 Å². The maximum Gasteiger partial charge on any atom is 0.355 e. The summed E-state index contributed by atoms with van der Waals surface area (Å²) in [4.78, 5) is 22.5. The van der Waals surface area contributed by atoms with Crippen molar-refractivity contribution < 1.29 is 14.3 Å². The van der Waals surface area contributed by atoms with Gasteiger partial charge in [0.05, 0.1) is 7.11 Å². The number of carbonyl (C=O) groups is 2. The van der Waals surface area contributed by atoms with Gasteiger partial charge in [0.2, 0.25) is 0 Å². The zero-order valence-corrected chi connectivity index (χ0v) is 9.29. The minimum Gasteiger partial charge on any atom is -0.464 e. The third-order valence-corrected chi connectivity index (χ3v) is 2.46. The molecule has 1 aromatic heterocycles. The van der Waals surface area contributed by atoms with Crippen LogP contribution in [0.25, 0.3) is 5.69 Å². The topological polar surface area (TPSA) is 48.3 Å². The Kier molecular flexibility index (Phi) is 3.05. The van der Waals surface area contributed by atoms with Gasteiger partial charge in [-0.05, 0) is 18.2 Å². The van der Waals surface area contributed by atoms with Crippen molar-refractivity contribution in [3.05, 3.63) is 53.9 Å². The second-order valence-electron chi connectivity index (χ2n) is 3.43. The molecule has 0 unspecified atom stereocenters. The quantitative estimate of drug-likeness (QED) is 0.598. The average molecular weight is 229 g/mol. The summed E-state index contributed by atoms with van der Waals surface area (Å²) in [6.07, 6.45) is 2.32. The number of nitrogens with zero attached hydrogens (tertiary/aromatic N) is 1. The molecule has 17 heavy (non-hydrogen) atoms. The summed E-state index contributed by atoms with van der Waals surface area (Å²) in [7, 11) is 1.29. The van der Waals surface area contributed by atoms with Crippen LogP contribution < -0.4 is 0 Å². The number of rotatable bonds is 3. The lowest BCUT2D eigenvalue weighted by Crippen LogP contribution is -2.10. The zero-order valence-electron chi connectivity index (χ0n) is 9.29. The van der Waals surface area contributed by atoms with E-state index in [-0.39, 0.29) is 5.69 Å². The first kappa shape index (κ1) is 11.1. The Hall–Kier alpha value is -2.36. The van der Waals surface area contributed by atoms with Crippen molar-refractivity contribution >= 4 is 12.3 Å². The summed E-state index contributed by atoms with van der Waals surface area (Å²) in [5, 5.41) is 0. The van der Waals surface area contributed by atoms with E-state index < -0.39 is 5.97 Å². The summed E-state index contributed by atoms with van der Waals surface area (Å²) in [5.41, 5.74) is 1.37. The number of carbonyl (C=O) groups excluding carboxylic acids is 2. The molecule has 0 aliphatic carbocycles. The van der Waals surface area contributed by atoms with Gasteiger partial charge < -0.3 is 9.30 Å². The molecule has 2 aromatic rings. The van der Waals surface area contributed by atoms with Crippen LogP contribution >= 0.6 is 0 Å². The highest BCUT2D eigenvalue weighted by molar-refractivity contribution is 5.97. The van der Waals surface area contributed by atoms with Gasteiger partial charge in [0.1, 0.15) is 5.69 Å². The highest BCUT2D eigenvalue weighted by Crippen LogP contribution is 2.16. The third-order valence-electron chi connectivity index (χ3n) is 2.46. The fraction of sp³-hybridized carbons (Fsp3) is 0.0769. The Morgan fingerprint density at radius 3 is 2.53 bits per heavy atom.